The summed E-state index contributed by atoms with van der Waals surface area (Å²) in [4.78, 5) is 10.9. The predicted octanol–water partition coefficient (Wildman–Crippen LogP) is 3.94. The van der Waals surface area contributed by atoms with Crippen LogP contribution in [0.2, 0.25) is 10.6 Å². The maximum atomic E-state index is 12.5. The fourth-order valence-corrected chi connectivity index (χ4v) is 1.65. The number of nitrogens with zero attached hydrogens (tertiary/aromatic N) is 3. The summed E-state index contributed by atoms with van der Waals surface area (Å²) in [6, 6.07) is 4.57. The predicted molar refractivity (Wildman–Crippen MR) is 64.6 cm³/mol. The van der Waals surface area contributed by atoms with Crippen molar-refractivity contribution in [2.75, 3.05) is 5.32 Å². The molecule has 2 rings (SSSR count). The van der Waals surface area contributed by atoms with Gasteiger partial charge >= 0.3 is 6.18 Å². The third-order valence-electron chi connectivity index (χ3n) is 2.03. The second-order valence-corrected chi connectivity index (χ2v) is 4.08. The van der Waals surface area contributed by atoms with Gasteiger partial charge in [-0.05, 0) is 41.4 Å². The summed E-state index contributed by atoms with van der Waals surface area (Å²) >= 11 is 11.1. The molecule has 19 heavy (non-hydrogen) atoms. The molecule has 0 saturated heterocycles. The summed E-state index contributed by atoms with van der Waals surface area (Å²) in [5.41, 5.74) is -0.628. The van der Waals surface area contributed by atoms with E-state index >= 15 is 0 Å². The molecule has 0 radical (unpaired) electrons. The fraction of sp³-hybridized carbons (Fsp3) is 0.100. The molecule has 1 N–H and O–H groups in total. The van der Waals surface area contributed by atoms with Crippen molar-refractivity contribution in [2.45, 2.75) is 6.18 Å². The van der Waals surface area contributed by atoms with Crippen LogP contribution in [0.25, 0.3) is 0 Å². The Morgan fingerprint density at radius 2 is 1.63 bits per heavy atom. The van der Waals surface area contributed by atoms with Gasteiger partial charge in [0.15, 0.2) is 0 Å². The van der Waals surface area contributed by atoms with Crippen molar-refractivity contribution < 1.29 is 13.2 Å². The topological polar surface area (TPSA) is 50.7 Å². The molecule has 0 aliphatic rings. The van der Waals surface area contributed by atoms with Crippen molar-refractivity contribution >= 4 is 34.8 Å². The molecule has 0 bridgehead atoms. The molecule has 1 heterocycles. The van der Waals surface area contributed by atoms with E-state index in [1.54, 1.807) is 0 Å². The van der Waals surface area contributed by atoms with Crippen LogP contribution in [-0.2, 0) is 6.18 Å². The highest BCUT2D eigenvalue weighted by atomic mass is 35.5. The average molecular weight is 309 g/mol. The van der Waals surface area contributed by atoms with Gasteiger partial charge in [-0.25, -0.2) is 0 Å². The molecule has 0 fully saturated rings. The number of nitrogens with one attached hydrogen (secondary N) is 1. The Labute approximate surface area is 115 Å². The number of alkyl halides is 3. The summed E-state index contributed by atoms with van der Waals surface area (Å²) in [7, 11) is 0. The molecule has 1 aromatic heterocycles. The molecule has 2 aromatic rings. The van der Waals surface area contributed by atoms with Crippen LogP contribution < -0.4 is 5.32 Å². The fourth-order valence-electron chi connectivity index (χ4n) is 1.28. The SMILES string of the molecule is FC(F)(F)c1cccc(Nc2nc(Cl)nc(Cl)n2)c1. The second-order valence-electron chi connectivity index (χ2n) is 3.40. The molecule has 100 valence electrons. The largest absolute Gasteiger partial charge is 0.416 e. The third-order valence-corrected chi connectivity index (χ3v) is 2.36. The highest BCUT2D eigenvalue weighted by Gasteiger charge is 2.30. The molecular weight excluding hydrogens is 304 g/mol. The maximum absolute atomic E-state index is 12.5. The summed E-state index contributed by atoms with van der Waals surface area (Å²) in [5.74, 6) is -0.0377. The van der Waals surface area contributed by atoms with Gasteiger partial charge in [-0.15, -0.1) is 0 Å². The van der Waals surface area contributed by atoms with Crippen molar-refractivity contribution in [1.82, 2.24) is 15.0 Å². The Bertz CT molecular complexity index is 583. The number of rotatable bonds is 2. The van der Waals surface area contributed by atoms with Crippen molar-refractivity contribution in [3.63, 3.8) is 0 Å². The molecule has 0 aliphatic carbocycles. The number of hydrogen-bond donors (Lipinski definition) is 1. The van der Waals surface area contributed by atoms with E-state index in [0.29, 0.717) is 0 Å². The van der Waals surface area contributed by atoms with Gasteiger partial charge in [0.1, 0.15) is 0 Å². The van der Waals surface area contributed by atoms with E-state index in [0.717, 1.165) is 12.1 Å². The van der Waals surface area contributed by atoms with Crippen LogP contribution in [0.5, 0.6) is 0 Å². The minimum atomic E-state index is -4.42. The van der Waals surface area contributed by atoms with Gasteiger partial charge < -0.3 is 5.32 Å². The summed E-state index contributed by atoms with van der Waals surface area (Å²) in [5, 5.41) is 2.25. The molecule has 1 aromatic carbocycles. The molecule has 4 nitrogen and oxygen atoms in total. The maximum Gasteiger partial charge on any atom is 0.416 e. The normalized spacial score (nSPS) is 11.4. The minimum Gasteiger partial charge on any atom is -0.324 e. The van der Waals surface area contributed by atoms with Crippen LogP contribution in [0.15, 0.2) is 24.3 Å². The van der Waals surface area contributed by atoms with E-state index in [4.69, 9.17) is 23.2 Å². The van der Waals surface area contributed by atoms with E-state index in [9.17, 15) is 13.2 Å². The van der Waals surface area contributed by atoms with Gasteiger partial charge in [-0.3, -0.25) is 0 Å². The Balaban J connectivity index is 2.28. The zero-order valence-corrected chi connectivity index (χ0v) is 10.6. The van der Waals surface area contributed by atoms with Crippen LogP contribution >= 0.6 is 23.2 Å². The van der Waals surface area contributed by atoms with Crippen molar-refractivity contribution in [3.8, 4) is 0 Å². The van der Waals surface area contributed by atoms with Gasteiger partial charge in [0.05, 0.1) is 5.56 Å². The van der Waals surface area contributed by atoms with Crippen LogP contribution in [0.1, 0.15) is 5.56 Å². The zero-order valence-electron chi connectivity index (χ0n) is 9.04. The third kappa shape index (κ3) is 3.68. The minimum absolute atomic E-state index is 0.0377. The Kier molecular flexibility index (Phi) is 3.77. The molecule has 0 aliphatic heterocycles. The van der Waals surface area contributed by atoms with Gasteiger partial charge in [0, 0.05) is 5.69 Å². The average Bonchev–Trinajstić information content (AvgIpc) is 2.26. The van der Waals surface area contributed by atoms with E-state index in [1.165, 1.54) is 12.1 Å². The monoisotopic (exact) mass is 308 g/mol. The molecule has 0 saturated carbocycles. The van der Waals surface area contributed by atoms with E-state index in [2.05, 4.69) is 20.3 Å². The Morgan fingerprint density at radius 1 is 1.00 bits per heavy atom. The molecular formula is C10H5Cl2F3N4. The van der Waals surface area contributed by atoms with Crippen molar-refractivity contribution in [2.24, 2.45) is 0 Å². The highest BCUT2D eigenvalue weighted by Crippen LogP contribution is 2.31. The van der Waals surface area contributed by atoms with Crippen LogP contribution in [0, 0.1) is 0 Å². The standard InChI is InChI=1S/C10H5Cl2F3N4/c11-7-17-8(12)19-9(18-7)16-6-3-1-2-5(4-6)10(13,14)15/h1-4H,(H,16,17,18,19). The summed E-state index contributed by atoms with van der Waals surface area (Å²) < 4.78 is 37.6. The lowest BCUT2D eigenvalue weighted by molar-refractivity contribution is -0.137. The Hall–Kier alpha value is -1.60. The lowest BCUT2D eigenvalue weighted by Gasteiger charge is -2.09. The molecule has 9 heteroatoms. The molecule has 0 unspecified atom stereocenters. The first-order valence-electron chi connectivity index (χ1n) is 4.86. The van der Waals surface area contributed by atoms with Gasteiger partial charge in [0.2, 0.25) is 16.5 Å². The first-order valence-corrected chi connectivity index (χ1v) is 5.61. The molecule has 0 spiro atoms. The van der Waals surface area contributed by atoms with E-state index in [1.807, 2.05) is 0 Å². The Morgan fingerprint density at radius 3 is 2.21 bits per heavy atom. The lowest BCUT2D eigenvalue weighted by atomic mass is 10.2. The molecule has 0 amide bonds. The molecule has 0 atom stereocenters. The van der Waals surface area contributed by atoms with Gasteiger partial charge in [-0.1, -0.05) is 6.07 Å². The number of anilines is 2. The lowest BCUT2D eigenvalue weighted by Crippen LogP contribution is -2.06. The number of hydrogen-bond acceptors (Lipinski definition) is 4. The first-order chi connectivity index (χ1) is 8.84. The van der Waals surface area contributed by atoms with E-state index < -0.39 is 11.7 Å². The number of aromatic nitrogens is 3. The first kappa shape index (κ1) is 13.8. The van der Waals surface area contributed by atoms with Gasteiger partial charge in [-0.2, -0.15) is 28.1 Å². The summed E-state index contributed by atoms with van der Waals surface area (Å²) in [6.07, 6.45) is -4.42. The van der Waals surface area contributed by atoms with Gasteiger partial charge in [0.25, 0.3) is 0 Å². The quantitative estimate of drug-likeness (QED) is 0.913. The van der Waals surface area contributed by atoms with Crippen molar-refractivity contribution in [3.05, 3.63) is 40.4 Å². The van der Waals surface area contributed by atoms with Crippen LogP contribution in [0.4, 0.5) is 24.8 Å². The summed E-state index contributed by atoms with van der Waals surface area (Å²) in [6.45, 7) is 0. The van der Waals surface area contributed by atoms with E-state index in [-0.39, 0.29) is 22.2 Å². The van der Waals surface area contributed by atoms with Crippen LogP contribution in [-0.4, -0.2) is 15.0 Å². The number of benzene rings is 1. The second kappa shape index (κ2) is 5.18. The van der Waals surface area contributed by atoms with Crippen LogP contribution in [0.3, 0.4) is 0 Å². The smallest absolute Gasteiger partial charge is 0.324 e. The van der Waals surface area contributed by atoms with Crippen molar-refractivity contribution in [1.29, 1.82) is 0 Å². The zero-order chi connectivity index (χ0) is 14.0. The number of halogens is 5. The highest BCUT2D eigenvalue weighted by molar-refractivity contribution is 6.31.